The minimum atomic E-state index is -4.28. The van der Waals surface area contributed by atoms with Crippen LogP contribution in [-0.4, -0.2) is 24.0 Å². The first kappa shape index (κ1) is 11.6. The third kappa shape index (κ3) is 6.33. The molecule has 0 saturated heterocycles. The molecule has 0 bridgehead atoms. The SMILES string of the molecule is CC(S)C(=O)OCCC(F)(F)F. The Morgan fingerprint density at radius 3 is 2.42 bits per heavy atom. The quantitative estimate of drug-likeness (QED) is 0.558. The topological polar surface area (TPSA) is 26.3 Å². The lowest BCUT2D eigenvalue weighted by molar-refractivity contribution is -0.158. The van der Waals surface area contributed by atoms with Crippen LogP contribution in [0.3, 0.4) is 0 Å². The second-order valence-electron chi connectivity index (χ2n) is 2.21. The Morgan fingerprint density at radius 2 is 2.08 bits per heavy atom. The van der Waals surface area contributed by atoms with Gasteiger partial charge in [0.15, 0.2) is 0 Å². The van der Waals surface area contributed by atoms with E-state index in [2.05, 4.69) is 17.4 Å². The van der Waals surface area contributed by atoms with Crippen molar-refractivity contribution in [3.05, 3.63) is 0 Å². The second kappa shape index (κ2) is 4.59. The summed E-state index contributed by atoms with van der Waals surface area (Å²) in [6.45, 7) is 0.798. The molecular weight excluding hydrogens is 193 g/mol. The molecule has 6 heteroatoms. The normalized spacial score (nSPS) is 14.1. The fourth-order valence-electron chi connectivity index (χ4n) is 0.388. The van der Waals surface area contributed by atoms with Gasteiger partial charge >= 0.3 is 12.1 Å². The van der Waals surface area contributed by atoms with E-state index in [0.29, 0.717) is 0 Å². The summed E-state index contributed by atoms with van der Waals surface area (Å²) in [5.74, 6) is -0.734. The minimum Gasteiger partial charge on any atom is -0.465 e. The van der Waals surface area contributed by atoms with Crippen molar-refractivity contribution in [2.24, 2.45) is 0 Å². The fraction of sp³-hybridized carbons (Fsp3) is 0.833. The third-order valence-electron chi connectivity index (χ3n) is 0.971. The van der Waals surface area contributed by atoms with Crippen LogP contribution in [0.25, 0.3) is 0 Å². The largest absolute Gasteiger partial charge is 0.465 e. The maximum Gasteiger partial charge on any atom is 0.392 e. The summed E-state index contributed by atoms with van der Waals surface area (Å²) in [7, 11) is 0. The van der Waals surface area contributed by atoms with Crippen molar-refractivity contribution in [3.8, 4) is 0 Å². The molecule has 72 valence electrons. The molecule has 0 aliphatic heterocycles. The Hall–Kier alpha value is -0.390. The Kier molecular flexibility index (Phi) is 4.44. The number of alkyl halides is 3. The number of rotatable bonds is 3. The van der Waals surface area contributed by atoms with E-state index in [4.69, 9.17) is 0 Å². The molecule has 0 aromatic carbocycles. The molecule has 0 N–H and O–H groups in total. The van der Waals surface area contributed by atoms with Gasteiger partial charge in [-0.1, -0.05) is 0 Å². The van der Waals surface area contributed by atoms with Crippen LogP contribution in [0.1, 0.15) is 13.3 Å². The monoisotopic (exact) mass is 202 g/mol. The maximum atomic E-state index is 11.5. The van der Waals surface area contributed by atoms with Crippen molar-refractivity contribution in [2.45, 2.75) is 24.8 Å². The van der Waals surface area contributed by atoms with E-state index in [0.717, 1.165) is 0 Å². The number of halogens is 3. The van der Waals surface area contributed by atoms with Crippen LogP contribution in [0.15, 0.2) is 0 Å². The zero-order valence-corrected chi connectivity index (χ0v) is 7.28. The number of hydrogen-bond donors (Lipinski definition) is 1. The van der Waals surface area contributed by atoms with Gasteiger partial charge in [-0.3, -0.25) is 4.79 Å². The molecule has 0 saturated carbocycles. The first-order valence-electron chi connectivity index (χ1n) is 3.24. The average Bonchev–Trinajstić information content (AvgIpc) is 1.84. The van der Waals surface area contributed by atoms with E-state index < -0.39 is 30.4 Å². The van der Waals surface area contributed by atoms with Gasteiger partial charge in [-0.05, 0) is 6.92 Å². The van der Waals surface area contributed by atoms with Crippen LogP contribution in [0, 0.1) is 0 Å². The van der Waals surface area contributed by atoms with E-state index in [1.54, 1.807) is 0 Å². The van der Waals surface area contributed by atoms with Crippen molar-refractivity contribution in [3.63, 3.8) is 0 Å². The second-order valence-corrected chi connectivity index (χ2v) is 2.98. The molecule has 12 heavy (non-hydrogen) atoms. The molecular formula is C6H9F3O2S. The highest BCUT2D eigenvalue weighted by atomic mass is 32.1. The van der Waals surface area contributed by atoms with Crippen LogP contribution in [0.5, 0.6) is 0 Å². The number of thiol groups is 1. The van der Waals surface area contributed by atoms with E-state index in [-0.39, 0.29) is 0 Å². The van der Waals surface area contributed by atoms with E-state index in [1.165, 1.54) is 6.92 Å². The Morgan fingerprint density at radius 1 is 1.58 bits per heavy atom. The molecule has 0 heterocycles. The molecule has 0 aromatic rings. The van der Waals surface area contributed by atoms with E-state index in [1.807, 2.05) is 0 Å². The molecule has 0 aliphatic carbocycles. The Bertz CT molecular complexity index is 155. The molecule has 0 radical (unpaired) electrons. The fourth-order valence-corrected chi connectivity index (χ4v) is 0.462. The molecule has 1 atom stereocenters. The minimum absolute atomic E-state index is 0.632. The molecule has 0 spiro atoms. The summed E-state index contributed by atoms with van der Waals surface area (Å²) in [5.41, 5.74) is 0. The van der Waals surface area contributed by atoms with Gasteiger partial charge in [-0.2, -0.15) is 25.8 Å². The van der Waals surface area contributed by atoms with Gasteiger partial charge in [-0.25, -0.2) is 0 Å². The highest BCUT2D eigenvalue weighted by molar-refractivity contribution is 7.81. The predicted octanol–water partition coefficient (Wildman–Crippen LogP) is 1.80. The summed E-state index contributed by atoms with van der Waals surface area (Å²) < 4.78 is 38.7. The highest BCUT2D eigenvalue weighted by Crippen LogP contribution is 2.19. The average molecular weight is 202 g/mol. The van der Waals surface area contributed by atoms with E-state index in [9.17, 15) is 18.0 Å². The lowest BCUT2D eigenvalue weighted by Crippen LogP contribution is -2.19. The van der Waals surface area contributed by atoms with Gasteiger partial charge in [0.05, 0.1) is 18.3 Å². The summed E-state index contributed by atoms with van der Waals surface area (Å²) in [6, 6.07) is 0. The maximum absolute atomic E-state index is 11.5. The van der Waals surface area contributed by atoms with Crippen molar-refractivity contribution >= 4 is 18.6 Å². The van der Waals surface area contributed by atoms with Crippen LogP contribution in [0.4, 0.5) is 13.2 Å². The first-order valence-corrected chi connectivity index (χ1v) is 3.76. The van der Waals surface area contributed by atoms with Crippen LogP contribution in [-0.2, 0) is 9.53 Å². The van der Waals surface area contributed by atoms with Crippen molar-refractivity contribution in [2.75, 3.05) is 6.61 Å². The molecule has 0 aromatic heterocycles. The van der Waals surface area contributed by atoms with Crippen LogP contribution in [0.2, 0.25) is 0 Å². The summed E-state index contributed by atoms with van der Waals surface area (Å²) >= 11 is 3.68. The standard InChI is InChI=1S/C6H9F3O2S/c1-4(12)5(10)11-3-2-6(7,8)9/h4,12H,2-3H2,1H3. The summed E-state index contributed by atoms with van der Waals surface area (Å²) in [6.07, 6.45) is -5.39. The summed E-state index contributed by atoms with van der Waals surface area (Å²) in [4.78, 5) is 10.6. The lowest BCUT2D eigenvalue weighted by Gasteiger charge is -2.08. The highest BCUT2D eigenvalue weighted by Gasteiger charge is 2.27. The van der Waals surface area contributed by atoms with Crippen molar-refractivity contribution in [1.29, 1.82) is 0 Å². The van der Waals surface area contributed by atoms with Gasteiger partial charge in [0.25, 0.3) is 0 Å². The zero-order valence-electron chi connectivity index (χ0n) is 6.39. The Balaban J connectivity index is 3.51. The van der Waals surface area contributed by atoms with Crippen molar-refractivity contribution < 1.29 is 22.7 Å². The molecule has 2 nitrogen and oxygen atoms in total. The smallest absolute Gasteiger partial charge is 0.392 e. The van der Waals surface area contributed by atoms with Gasteiger partial charge in [0, 0.05) is 0 Å². The number of carbonyl (C=O) groups excluding carboxylic acids is 1. The molecule has 0 rings (SSSR count). The molecule has 0 fully saturated rings. The van der Waals surface area contributed by atoms with Crippen molar-refractivity contribution in [1.82, 2.24) is 0 Å². The van der Waals surface area contributed by atoms with Gasteiger partial charge in [0.1, 0.15) is 0 Å². The molecule has 0 amide bonds. The number of esters is 1. The molecule has 1 unspecified atom stereocenters. The summed E-state index contributed by atoms with van der Waals surface area (Å²) in [5, 5.41) is -0.682. The van der Waals surface area contributed by atoms with Crippen LogP contribution < -0.4 is 0 Å². The van der Waals surface area contributed by atoms with Crippen LogP contribution >= 0.6 is 12.6 Å². The van der Waals surface area contributed by atoms with Gasteiger partial charge in [0.2, 0.25) is 0 Å². The number of hydrogen-bond acceptors (Lipinski definition) is 3. The Labute approximate surface area is 73.5 Å². The molecule has 0 aliphatic rings. The number of ether oxygens (including phenoxy) is 1. The zero-order chi connectivity index (χ0) is 9.78. The van der Waals surface area contributed by atoms with E-state index >= 15 is 0 Å². The first-order chi connectivity index (χ1) is 5.33. The predicted molar refractivity (Wildman–Crippen MR) is 40.1 cm³/mol. The third-order valence-corrected chi connectivity index (χ3v) is 1.18. The van der Waals surface area contributed by atoms with Gasteiger partial charge < -0.3 is 4.74 Å². The van der Waals surface area contributed by atoms with Gasteiger partial charge in [-0.15, -0.1) is 0 Å². The number of carbonyl (C=O) groups is 1. The lowest BCUT2D eigenvalue weighted by atomic mass is 10.4.